The van der Waals surface area contributed by atoms with E-state index >= 15 is 0 Å². The molecule has 0 saturated carbocycles. The number of methoxy groups -OCH3 is 2. The number of nitrogens with zero attached hydrogens (tertiary/aromatic N) is 2. The van der Waals surface area contributed by atoms with Crippen LogP contribution in [0.5, 0.6) is 11.5 Å². The van der Waals surface area contributed by atoms with Crippen molar-refractivity contribution in [3.05, 3.63) is 63.2 Å². The molecule has 28 heavy (non-hydrogen) atoms. The lowest BCUT2D eigenvalue weighted by Crippen LogP contribution is -2.21. The van der Waals surface area contributed by atoms with E-state index in [0.717, 1.165) is 6.21 Å². The molecule has 2 aromatic rings. The smallest absolute Gasteiger partial charge is 0.282 e. The molecule has 0 bridgehead atoms. The van der Waals surface area contributed by atoms with Crippen molar-refractivity contribution in [1.29, 1.82) is 0 Å². The van der Waals surface area contributed by atoms with Gasteiger partial charge in [0.15, 0.2) is 11.5 Å². The summed E-state index contributed by atoms with van der Waals surface area (Å²) in [5.74, 6) is -1.01. The molecule has 3 N–H and O–H groups in total. The summed E-state index contributed by atoms with van der Waals surface area (Å²) in [6, 6.07) is 8.05. The first-order valence-corrected chi connectivity index (χ1v) is 7.69. The first-order chi connectivity index (χ1) is 13.4. The number of hydroxylamine groups is 1. The Bertz CT molecular complexity index is 943. The van der Waals surface area contributed by atoms with E-state index in [0.29, 0.717) is 0 Å². The minimum atomic E-state index is -0.779. The minimum absolute atomic E-state index is 0.0645. The van der Waals surface area contributed by atoms with Crippen molar-refractivity contribution >= 4 is 23.7 Å². The Morgan fingerprint density at radius 1 is 1.11 bits per heavy atom. The molecule has 0 fully saturated rings. The van der Waals surface area contributed by atoms with Gasteiger partial charge in [-0.3, -0.25) is 24.9 Å². The number of hydrogen-bond acceptors (Lipinski definition) is 8. The minimum Gasteiger partial charge on any atom is -0.493 e. The Morgan fingerprint density at radius 3 is 2.29 bits per heavy atom. The standard InChI is InChI=1S/C17H16N4O7/c1-27-14-7-12(13(21(25)26)8-15(14)28-2)9-18-19-16(22)10-4-3-5-11(6-10)17(23)20-24/h3-9,24H,1-2H3,(H,19,22)(H,20,23)/b18-9+. The Hall–Kier alpha value is -3.99. The van der Waals surface area contributed by atoms with Crippen LogP contribution in [-0.2, 0) is 0 Å². The van der Waals surface area contributed by atoms with Gasteiger partial charge in [0, 0.05) is 11.1 Å². The van der Waals surface area contributed by atoms with E-state index in [1.54, 1.807) is 0 Å². The molecule has 2 amide bonds. The molecule has 0 radical (unpaired) electrons. The average molecular weight is 388 g/mol. The van der Waals surface area contributed by atoms with Gasteiger partial charge in [0.1, 0.15) is 0 Å². The second kappa shape index (κ2) is 9.09. The number of benzene rings is 2. The van der Waals surface area contributed by atoms with Crippen LogP contribution in [0.2, 0.25) is 0 Å². The van der Waals surface area contributed by atoms with E-state index in [1.807, 2.05) is 0 Å². The molecule has 0 aliphatic rings. The highest BCUT2D eigenvalue weighted by Gasteiger charge is 2.18. The SMILES string of the molecule is COc1cc(/C=N/NC(=O)c2cccc(C(=O)NO)c2)c([N+](=O)[O-])cc1OC. The Morgan fingerprint density at radius 2 is 1.71 bits per heavy atom. The first-order valence-electron chi connectivity index (χ1n) is 7.69. The number of nitrogens with one attached hydrogen (secondary N) is 2. The zero-order chi connectivity index (χ0) is 20.7. The molecule has 2 aromatic carbocycles. The molecule has 2 rings (SSSR count). The van der Waals surface area contributed by atoms with Gasteiger partial charge >= 0.3 is 0 Å². The van der Waals surface area contributed by atoms with E-state index in [9.17, 15) is 19.7 Å². The van der Waals surface area contributed by atoms with Crippen molar-refractivity contribution in [2.24, 2.45) is 5.10 Å². The first kappa shape index (κ1) is 20.3. The second-order valence-corrected chi connectivity index (χ2v) is 5.24. The molecule has 0 aliphatic carbocycles. The van der Waals surface area contributed by atoms with Gasteiger partial charge in [-0.15, -0.1) is 0 Å². The van der Waals surface area contributed by atoms with Gasteiger partial charge < -0.3 is 9.47 Å². The summed E-state index contributed by atoms with van der Waals surface area (Å²) in [5, 5.41) is 23.6. The molecule has 11 nitrogen and oxygen atoms in total. The van der Waals surface area contributed by atoms with Crippen LogP contribution in [0.15, 0.2) is 41.5 Å². The predicted octanol–water partition coefficient (Wildman–Crippen LogP) is 1.49. The summed E-state index contributed by atoms with van der Waals surface area (Å²) < 4.78 is 10.1. The third-order valence-corrected chi connectivity index (χ3v) is 3.59. The molecule has 0 aliphatic heterocycles. The third kappa shape index (κ3) is 4.59. The summed E-state index contributed by atoms with van der Waals surface area (Å²) in [5.41, 5.74) is 3.62. The fourth-order valence-corrected chi connectivity index (χ4v) is 2.24. The van der Waals surface area contributed by atoms with Crippen molar-refractivity contribution in [3.8, 4) is 11.5 Å². The average Bonchev–Trinajstić information content (AvgIpc) is 2.72. The van der Waals surface area contributed by atoms with Gasteiger partial charge in [-0.1, -0.05) is 6.07 Å². The molecule has 146 valence electrons. The Kier molecular flexibility index (Phi) is 6.60. The maximum absolute atomic E-state index is 12.1. The summed E-state index contributed by atoms with van der Waals surface area (Å²) in [6.07, 6.45) is 1.09. The van der Waals surface area contributed by atoms with Crippen molar-refractivity contribution in [2.45, 2.75) is 0 Å². The number of ether oxygens (including phenoxy) is 2. The monoisotopic (exact) mass is 388 g/mol. The summed E-state index contributed by atoms with van der Waals surface area (Å²) in [6.45, 7) is 0. The zero-order valence-electron chi connectivity index (χ0n) is 14.8. The molecule has 0 unspecified atom stereocenters. The lowest BCUT2D eigenvalue weighted by Gasteiger charge is -2.08. The van der Waals surface area contributed by atoms with E-state index in [1.165, 1.54) is 56.1 Å². The van der Waals surface area contributed by atoms with Crippen LogP contribution >= 0.6 is 0 Å². The maximum Gasteiger partial charge on any atom is 0.282 e. The lowest BCUT2D eigenvalue weighted by atomic mass is 10.1. The van der Waals surface area contributed by atoms with E-state index < -0.39 is 16.7 Å². The number of hydrazone groups is 1. The topological polar surface area (TPSA) is 152 Å². The van der Waals surface area contributed by atoms with Crippen molar-refractivity contribution < 1.29 is 29.2 Å². The quantitative estimate of drug-likeness (QED) is 0.281. The Labute approximate surface area is 158 Å². The summed E-state index contributed by atoms with van der Waals surface area (Å²) in [4.78, 5) is 34.2. The molecule has 0 spiro atoms. The van der Waals surface area contributed by atoms with E-state index in [2.05, 4.69) is 10.5 Å². The maximum atomic E-state index is 12.1. The normalized spacial score (nSPS) is 10.4. The molecule has 11 heteroatoms. The van der Waals surface area contributed by atoms with Gasteiger partial charge in [0.2, 0.25) is 0 Å². The largest absolute Gasteiger partial charge is 0.493 e. The van der Waals surface area contributed by atoms with Crippen LogP contribution in [-0.4, -0.2) is 42.4 Å². The lowest BCUT2D eigenvalue weighted by molar-refractivity contribution is -0.385. The highest BCUT2D eigenvalue weighted by atomic mass is 16.6. The number of nitro groups is 1. The van der Waals surface area contributed by atoms with Gasteiger partial charge in [0.25, 0.3) is 17.5 Å². The molecular weight excluding hydrogens is 372 g/mol. The third-order valence-electron chi connectivity index (χ3n) is 3.59. The second-order valence-electron chi connectivity index (χ2n) is 5.24. The van der Waals surface area contributed by atoms with Crippen LogP contribution in [0.3, 0.4) is 0 Å². The highest BCUT2D eigenvalue weighted by Crippen LogP contribution is 2.33. The van der Waals surface area contributed by atoms with Crippen LogP contribution in [0, 0.1) is 10.1 Å². The molecule has 0 heterocycles. The summed E-state index contributed by atoms with van der Waals surface area (Å²) in [7, 11) is 2.72. The number of amides is 2. The van der Waals surface area contributed by atoms with Gasteiger partial charge in [-0.25, -0.2) is 10.9 Å². The fourth-order valence-electron chi connectivity index (χ4n) is 2.24. The van der Waals surface area contributed by atoms with Crippen LogP contribution < -0.4 is 20.4 Å². The molecule has 0 aromatic heterocycles. The predicted molar refractivity (Wildman–Crippen MR) is 97.0 cm³/mol. The molecular formula is C17H16N4O7. The molecule has 0 atom stereocenters. The van der Waals surface area contributed by atoms with Gasteiger partial charge in [0.05, 0.1) is 37.0 Å². The van der Waals surface area contributed by atoms with Crippen molar-refractivity contribution in [2.75, 3.05) is 14.2 Å². The van der Waals surface area contributed by atoms with Crippen LogP contribution in [0.25, 0.3) is 0 Å². The Balaban J connectivity index is 2.23. The zero-order valence-corrected chi connectivity index (χ0v) is 14.8. The number of carbonyl (C=O) groups excluding carboxylic acids is 2. The number of rotatable bonds is 7. The van der Waals surface area contributed by atoms with Crippen LogP contribution in [0.1, 0.15) is 26.3 Å². The van der Waals surface area contributed by atoms with E-state index in [4.69, 9.17) is 14.7 Å². The van der Waals surface area contributed by atoms with Crippen molar-refractivity contribution in [1.82, 2.24) is 10.9 Å². The highest BCUT2D eigenvalue weighted by molar-refractivity contribution is 5.99. The van der Waals surface area contributed by atoms with Crippen molar-refractivity contribution in [3.63, 3.8) is 0 Å². The summed E-state index contributed by atoms with van der Waals surface area (Å²) >= 11 is 0. The molecule has 0 saturated heterocycles. The van der Waals surface area contributed by atoms with Gasteiger partial charge in [-0.2, -0.15) is 5.10 Å². The number of carbonyl (C=O) groups is 2. The van der Waals surface area contributed by atoms with Crippen LogP contribution in [0.4, 0.5) is 5.69 Å². The fraction of sp³-hybridized carbons (Fsp3) is 0.118. The number of nitro benzene ring substituents is 1. The number of hydrogen-bond donors (Lipinski definition) is 3. The van der Waals surface area contributed by atoms with Gasteiger partial charge in [-0.05, 0) is 24.3 Å². The van der Waals surface area contributed by atoms with E-state index in [-0.39, 0.29) is 33.9 Å².